The van der Waals surface area contributed by atoms with Crippen molar-refractivity contribution >= 4 is 17.5 Å². The molecule has 4 unspecified atom stereocenters. The maximum absolute atomic E-state index is 13.0. The second-order valence-electron chi connectivity index (χ2n) is 6.83. The predicted octanol–water partition coefficient (Wildman–Crippen LogP) is 2.16. The van der Waals surface area contributed by atoms with Crippen molar-refractivity contribution in [2.24, 2.45) is 23.7 Å². The third kappa shape index (κ3) is 1.42. The summed E-state index contributed by atoms with van der Waals surface area (Å²) in [7, 11) is 0. The Hall–Kier alpha value is -2.10. The molecule has 5 aliphatic rings. The molecule has 1 saturated heterocycles. The van der Waals surface area contributed by atoms with Crippen molar-refractivity contribution < 1.29 is 9.59 Å². The van der Waals surface area contributed by atoms with Crippen molar-refractivity contribution in [3.8, 4) is 0 Å². The molecule has 0 N–H and O–H groups in total. The van der Waals surface area contributed by atoms with Crippen LogP contribution in [-0.2, 0) is 16.0 Å². The normalized spacial score (nSPS) is 35.3. The van der Waals surface area contributed by atoms with Crippen LogP contribution >= 0.6 is 0 Å². The highest BCUT2D eigenvalue weighted by Gasteiger charge is 2.58. The van der Waals surface area contributed by atoms with Gasteiger partial charge >= 0.3 is 0 Å². The molecule has 1 aromatic carbocycles. The highest BCUT2D eigenvalue weighted by Crippen LogP contribution is 2.50. The molecule has 0 radical (unpaired) electrons. The number of fused-ring (bicyclic) bond motifs is 2. The zero-order valence-corrected chi connectivity index (χ0v) is 12.3. The minimum Gasteiger partial charge on any atom is -0.275 e. The molecule has 2 bridgehead atoms. The Balaban J connectivity index is 1.55. The molecule has 2 fully saturated rings. The first-order valence-corrected chi connectivity index (χ1v) is 8.17. The number of anilines is 1. The lowest BCUT2D eigenvalue weighted by Gasteiger charge is -2.37. The average molecular weight is 294 g/mol. The van der Waals surface area contributed by atoms with Crippen LogP contribution in [0.4, 0.5) is 5.69 Å². The minimum atomic E-state index is -0.121. The van der Waals surface area contributed by atoms with Crippen LogP contribution in [0, 0.1) is 23.7 Å². The minimum absolute atomic E-state index is 0.0192. The fourth-order valence-electron chi connectivity index (χ4n) is 4.82. The lowest BCUT2D eigenvalue weighted by molar-refractivity contribution is -0.140. The van der Waals surface area contributed by atoms with Crippen molar-refractivity contribution in [2.45, 2.75) is 19.3 Å². The Bertz CT molecular complexity index is 679. The van der Waals surface area contributed by atoms with Crippen LogP contribution in [0.25, 0.3) is 0 Å². The van der Waals surface area contributed by atoms with Gasteiger partial charge in [0.2, 0.25) is 0 Å². The molecule has 6 rings (SSSR count). The smallest absolute Gasteiger partial charge is 0.252 e. The van der Waals surface area contributed by atoms with Crippen molar-refractivity contribution in [2.75, 3.05) is 11.6 Å². The molecule has 2 amide bonds. The maximum atomic E-state index is 13.0. The summed E-state index contributed by atoms with van der Waals surface area (Å²) in [4.78, 5) is 25.9. The van der Waals surface area contributed by atoms with Crippen LogP contribution in [0.3, 0.4) is 0 Å². The van der Waals surface area contributed by atoms with E-state index >= 15 is 0 Å². The van der Waals surface area contributed by atoms with E-state index in [1.54, 1.807) is 0 Å². The zero-order valence-electron chi connectivity index (χ0n) is 12.3. The molecule has 2 heterocycles. The van der Waals surface area contributed by atoms with Gasteiger partial charge in [0.05, 0.1) is 17.5 Å². The Morgan fingerprint density at radius 1 is 0.909 bits per heavy atom. The summed E-state index contributed by atoms with van der Waals surface area (Å²) in [5, 5.41) is 3.39. The largest absolute Gasteiger partial charge is 0.275 e. The van der Waals surface area contributed by atoms with Crippen LogP contribution in [-0.4, -0.2) is 23.4 Å². The SMILES string of the molecule is O=C1C2C3C=CC(CC3)C2C(=O)N1N1CCc2ccccc21. The molecule has 3 aliphatic carbocycles. The molecule has 112 valence electrons. The second kappa shape index (κ2) is 4.22. The lowest BCUT2D eigenvalue weighted by Crippen LogP contribution is -2.46. The van der Waals surface area contributed by atoms with E-state index < -0.39 is 0 Å². The summed E-state index contributed by atoms with van der Waals surface area (Å²) in [6.45, 7) is 0.721. The van der Waals surface area contributed by atoms with E-state index in [0.29, 0.717) is 0 Å². The number of para-hydroxylation sites is 1. The van der Waals surface area contributed by atoms with Gasteiger partial charge in [-0.1, -0.05) is 30.4 Å². The second-order valence-corrected chi connectivity index (χ2v) is 6.83. The van der Waals surface area contributed by atoms with Crippen LogP contribution in [0.1, 0.15) is 18.4 Å². The number of hydrogen-bond donors (Lipinski definition) is 0. The topological polar surface area (TPSA) is 40.6 Å². The number of carbonyl (C=O) groups excluding carboxylic acids is 2. The Morgan fingerprint density at radius 3 is 2.18 bits per heavy atom. The first-order valence-electron chi connectivity index (χ1n) is 8.17. The van der Waals surface area contributed by atoms with Crippen molar-refractivity contribution in [3.05, 3.63) is 42.0 Å². The highest BCUT2D eigenvalue weighted by molar-refractivity contribution is 6.07. The quantitative estimate of drug-likeness (QED) is 0.589. The van der Waals surface area contributed by atoms with Gasteiger partial charge < -0.3 is 0 Å². The van der Waals surface area contributed by atoms with E-state index in [1.165, 1.54) is 10.6 Å². The van der Waals surface area contributed by atoms with Gasteiger partial charge in [-0.2, -0.15) is 5.01 Å². The van der Waals surface area contributed by atoms with Crippen molar-refractivity contribution in [3.63, 3.8) is 0 Å². The summed E-state index contributed by atoms with van der Waals surface area (Å²) in [6.07, 6.45) is 7.33. The molecule has 0 spiro atoms. The number of amides is 2. The van der Waals surface area contributed by atoms with Gasteiger partial charge in [0.25, 0.3) is 11.8 Å². The molecule has 2 aliphatic heterocycles. The third-order valence-corrected chi connectivity index (χ3v) is 5.84. The average Bonchev–Trinajstić information content (AvgIpc) is 3.10. The lowest BCUT2D eigenvalue weighted by atomic mass is 9.63. The molecule has 4 atom stereocenters. The molecule has 1 saturated carbocycles. The highest BCUT2D eigenvalue weighted by atomic mass is 16.2. The van der Waals surface area contributed by atoms with Gasteiger partial charge in [-0.05, 0) is 42.7 Å². The molecular formula is C18H18N2O2. The fourth-order valence-corrected chi connectivity index (χ4v) is 4.82. The molecule has 1 aromatic rings. The summed E-state index contributed by atoms with van der Waals surface area (Å²) in [6, 6.07) is 8.08. The van der Waals surface area contributed by atoms with E-state index in [0.717, 1.165) is 31.5 Å². The van der Waals surface area contributed by atoms with Crippen molar-refractivity contribution in [1.29, 1.82) is 0 Å². The first kappa shape index (κ1) is 12.4. The van der Waals surface area contributed by atoms with E-state index in [2.05, 4.69) is 18.2 Å². The standard InChI is InChI=1S/C18H18N2O2/c21-17-15-12-5-6-13(8-7-12)16(15)18(22)20(17)19-10-9-11-3-1-2-4-14(11)19/h1-6,12-13,15-16H,7-10H2. The van der Waals surface area contributed by atoms with E-state index in [9.17, 15) is 9.59 Å². The van der Waals surface area contributed by atoms with Gasteiger partial charge in [0, 0.05) is 6.54 Å². The number of nitrogens with zero attached hydrogens (tertiary/aromatic N) is 2. The number of allylic oxidation sites excluding steroid dienone is 2. The van der Waals surface area contributed by atoms with E-state index in [1.807, 2.05) is 23.2 Å². The molecule has 0 aromatic heterocycles. The summed E-state index contributed by atoms with van der Waals surface area (Å²) in [5.74, 6) is 0.313. The zero-order chi connectivity index (χ0) is 14.8. The van der Waals surface area contributed by atoms with Gasteiger partial charge in [0.1, 0.15) is 0 Å². The number of hydrazine groups is 1. The Kier molecular flexibility index (Phi) is 2.38. The number of imide groups is 1. The summed E-state index contributed by atoms with van der Waals surface area (Å²) < 4.78 is 0. The molecule has 4 heteroatoms. The van der Waals surface area contributed by atoms with Crippen LogP contribution in [0.2, 0.25) is 0 Å². The summed E-state index contributed by atoms with van der Waals surface area (Å²) in [5.41, 5.74) is 2.24. The van der Waals surface area contributed by atoms with Crippen molar-refractivity contribution in [1.82, 2.24) is 5.01 Å². The van der Waals surface area contributed by atoms with Crippen LogP contribution in [0.15, 0.2) is 36.4 Å². The Labute approximate surface area is 129 Å². The number of benzene rings is 1. The number of hydrogen-bond acceptors (Lipinski definition) is 3. The fraction of sp³-hybridized carbons (Fsp3) is 0.444. The molecular weight excluding hydrogens is 276 g/mol. The Morgan fingerprint density at radius 2 is 1.55 bits per heavy atom. The number of rotatable bonds is 1. The van der Waals surface area contributed by atoms with Gasteiger partial charge in [-0.25, -0.2) is 0 Å². The number of carbonyl (C=O) groups is 2. The molecule has 22 heavy (non-hydrogen) atoms. The van der Waals surface area contributed by atoms with Gasteiger partial charge in [0.15, 0.2) is 0 Å². The van der Waals surface area contributed by atoms with Gasteiger partial charge in [-0.15, -0.1) is 0 Å². The van der Waals surface area contributed by atoms with Crippen LogP contribution in [0.5, 0.6) is 0 Å². The third-order valence-electron chi connectivity index (χ3n) is 5.84. The predicted molar refractivity (Wildman–Crippen MR) is 81.7 cm³/mol. The van der Waals surface area contributed by atoms with E-state index in [4.69, 9.17) is 0 Å². The van der Waals surface area contributed by atoms with Crippen LogP contribution < -0.4 is 5.01 Å². The van der Waals surface area contributed by atoms with E-state index in [-0.39, 0.29) is 35.5 Å². The molecule has 4 nitrogen and oxygen atoms in total. The maximum Gasteiger partial charge on any atom is 0.252 e. The first-order chi connectivity index (χ1) is 10.8. The summed E-state index contributed by atoms with van der Waals surface area (Å²) >= 11 is 0. The van der Waals surface area contributed by atoms with Gasteiger partial charge in [-0.3, -0.25) is 14.6 Å². The monoisotopic (exact) mass is 294 g/mol.